The number of nitrogens with zero attached hydrogens (tertiary/aromatic N) is 3. The molecule has 2 atom stereocenters. The standard InChI is InChI=1S/C17H26N4/c1-10-8-6-5-7-9-14(10)21-12(3)11(2)15-16(18)19-13(4)20-17(15)21/h10,14H,5-9H2,1-4H3,(H2,18,19,20). The van der Waals surface area contributed by atoms with Gasteiger partial charge in [-0.3, -0.25) is 0 Å². The van der Waals surface area contributed by atoms with E-state index in [1.165, 1.54) is 43.4 Å². The van der Waals surface area contributed by atoms with Gasteiger partial charge in [0.25, 0.3) is 0 Å². The van der Waals surface area contributed by atoms with Gasteiger partial charge in [-0.2, -0.15) is 0 Å². The maximum Gasteiger partial charge on any atom is 0.146 e. The van der Waals surface area contributed by atoms with Gasteiger partial charge in [0.2, 0.25) is 0 Å². The number of aromatic nitrogens is 3. The molecule has 114 valence electrons. The highest BCUT2D eigenvalue weighted by atomic mass is 15.1. The zero-order valence-electron chi connectivity index (χ0n) is 13.6. The number of rotatable bonds is 1. The molecule has 0 aliphatic heterocycles. The summed E-state index contributed by atoms with van der Waals surface area (Å²) in [7, 11) is 0. The molecule has 0 aromatic carbocycles. The molecule has 0 bridgehead atoms. The van der Waals surface area contributed by atoms with Crippen LogP contribution in [0.1, 0.15) is 62.2 Å². The van der Waals surface area contributed by atoms with Crippen molar-refractivity contribution in [2.45, 2.75) is 65.8 Å². The highest BCUT2D eigenvalue weighted by Gasteiger charge is 2.27. The Labute approximate surface area is 126 Å². The molecule has 1 saturated carbocycles. The van der Waals surface area contributed by atoms with Crippen LogP contribution in [0.2, 0.25) is 0 Å². The maximum absolute atomic E-state index is 6.17. The molecule has 2 aromatic rings. The van der Waals surface area contributed by atoms with Crippen LogP contribution < -0.4 is 5.73 Å². The van der Waals surface area contributed by atoms with Crippen molar-refractivity contribution in [3.8, 4) is 0 Å². The van der Waals surface area contributed by atoms with Gasteiger partial charge in [-0.15, -0.1) is 0 Å². The number of fused-ring (bicyclic) bond motifs is 1. The minimum absolute atomic E-state index is 0.539. The van der Waals surface area contributed by atoms with Crippen LogP contribution in [0, 0.1) is 26.7 Å². The Morgan fingerprint density at radius 2 is 1.76 bits per heavy atom. The van der Waals surface area contributed by atoms with Crippen LogP contribution in [0.15, 0.2) is 0 Å². The lowest BCUT2D eigenvalue weighted by Crippen LogP contribution is -2.18. The van der Waals surface area contributed by atoms with Gasteiger partial charge in [0.1, 0.15) is 17.3 Å². The summed E-state index contributed by atoms with van der Waals surface area (Å²) >= 11 is 0. The van der Waals surface area contributed by atoms with Crippen molar-refractivity contribution >= 4 is 16.9 Å². The quantitative estimate of drug-likeness (QED) is 0.804. The molecular formula is C17H26N4. The largest absolute Gasteiger partial charge is 0.383 e. The maximum atomic E-state index is 6.17. The van der Waals surface area contributed by atoms with Crippen LogP contribution in [0.25, 0.3) is 11.0 Å². The average molecular weight is 286 g/mol. The second-order valence-electron chi connectivity index (χ2n) is 6.62. The van der Waals surface area contributed by atoms with E-state index in [0.717, 1.165) is 16.9 Å². The van der Waals surface area contributed by atoms with E-state index in [0.29, 0.717) is 17.8 Å². The first-order valence-electron chi connectivity index (χ1n) is 8.12. The van der Waals surface area contributed by atoms with E-state index >= 15 is 0 Å². The number of hydrogen-bond acceptors (Lipinski definition) is 3. The Hall–Kier alpha value is -1.58. The topological polar surface area (TPSA) is 56.7 Å². The minimum Gasteiger partial charge on any atom is -0.383 e. The predicted molar refractivity (Wildman–Crippen MR) is 87.4 cm³/mol. The molecule has 2 N–H and O–H groups in total. The second kappa shape index (κ2) is 5.32. The van der Waals surface area contributed by atoms with Crippen molar-refractivity contribution in [2.75, 3.05) is 5.73 Å². The molecule has 2 aromatic heterocycles. The molecule has 2 heterocycles. The molecule has 21 heavy (non-hydrogen) atoms. The van der Waals surface area contributed by atoms with E-state index in [-0.39, 0.29) is 0 Å². The van der Waals surface area contributed by atoms with Crippen LogP contribution in [-0.2, 0) is 0 Å². The van der Waals surface area contributed by atoms with Crippen molar-refractivity contribution in [1.82, 2.24) is 14.5 Å². The molecule has 4 heteroatoms. The number of hydrogen-bond donors (Lipinski definition) is 1. The van der Waals surface area contributed by atoms with E-state index in [2.05, 4.69) is 30.3 Å². The summed E-state index contributed by atoms with van der Waals surface area (Å²) in [4.78, 5) is 9.08. The molecule has 1 aliphatic rings. The fraction of sp³-hybridized carbons (Fsp3) is 0.647. The van der Waals surface area contributed by atoms with E-state index in [1.54, 1.807) is 0 Å². The van der Waals surface area contributed by atoms with Crippen LogP contribution >= 0.6 is 0 Å². The van der Waals surface area contributed by atoms with Crippen LogP contribution in [0.3, 0.4) is 0 Å². The van der Waals surface area contributed by atoms with Gasteiger partial charge in [-0.1, -0.05) is 26.2 Å². The zero-order valence-corrected chi connectivity index (χ0v) is 13.6. The number of aryl methyl sites for hydroxylation is 2. The molecule has 0 radical (unpaired) electrons. The molecule has 0 spiro atoms. The highest BCUT2D eigenvalue weighted by Crippen LogP contribution is 2.38. The molecule has 0 saturated heterocycles. The summed E-state index contributed by atoms with van der Waals surface area (Å²) in [5.74, 6) is 2.08. The average Bonchev–Trinajstić information content (AvgIpc) is 2.58. The Bertz CT molecular complexity index is 671. The van der Waals surface area contributed by atoms with Crippen molar-refractivity contribution in [3.05, 3.63) is 17.1 Å². The van der Waals surface area contributed by atoms with Gasteiger partial charge in [-0.05, 0) is 45.1 Å². The van der Waals surface area contributed by atoms with E-state index < -0.39 is 0 Å². The molecule has 4 nitrogen and oxygen atoms in total. The lowest BCUT2D eigenvalue weighted by atomic mass is 9.96. The Morgan fingerprint density at radius 3 is 2.52 bits per heavy atom. The fourth-order valence-electron chi connectivity index (χ4n) is 3.90. The summed E-state index contributed by atoms with van der Waals surface area (Å²) in [6.07, 6.45) is 6.57. The molecule has 1 aliphatic carbocycles. The SMILES string of the molecule is Cc1nc(N)c2c(C)c(C)n(C3CCCCCC3C)c2n1. The lowest BCUT2D eigenvalue weighted by Gasteiger charge is -2.25. The molecule has 2 unspecified atom stereocenters. The Morgan fingerprint density at radius 1 is 1.05 bits per heavy atom. The van der Waals surface area contributed by atoms with E-state index in [4.69, 9.17) is 10.7 Å². The fourth-order valence-corrected chi connectivity index (χ4v) is 3.90. The molecule has 3 rings (SSSR count). The smallest absolute Gasteiger partial charge is 0.146 e. The van der Waals surface area contributed by atoms with Crippen molar-refractivity contribution in [1.29, 1.82) is 0 Å². The van der Waals surface area contributed by atoms with Crippen LogP contribution in [0.5, 0.6) is 0 Å². The number of nitrogen functional groups attached to an aromatic ring is 1. The van der Waals surface area contributed by atoms with Crippen molar-refractivity contribution < 1.29 is 0 Å². The summed E-state index contributed by atoms with van der Waals surface area (Å²) in [5, 5.41) is 1.05. The summed E-state index contributed by atoms with van der Waals surface area (Å²) in [6, 6.07) is 0.539. The summed E-state index contributed by atoms with van der Waals surface area (Å²) in [5.41, 5.74) is 9.74. The van der Waals surface area contributed by atoms with Crippen molar-refractivity contribution in [2.24, 2.45) is 5.92 Å². The minimum atomic E-state index is 0.539. The first-order valence-corrected chi connectivity index (χ1v) is 8.12. The normalized spacial score (nSPS) is 23.4. The number of anilines is 1. The van der Waals surface area contributed by atoms with Gasteiger partial charge < -0.3 is 10.3 Å². The zero-order chi connectivity index (χ0) is 15.1. The Kier molecular flexibility index (Phi) is 3.64. The van der Waals surface area contributed by atoms with E-state index in [9.17, 15) is 0 Å². The van der Waals surface area contributed by atoms with Gasteiger partial charge >= 0.3 is 0 Å². The van der Waals surface area contributed by atoms with Gasteiger partial charge in [-0.25, -0.2) is 9.97 Å². The monoisotopic (exact) mass is 286 g/mol. The molecule has 1 fully saturated rings. The first-order chi connectivity index (χ1) is 10.0. The second-order valence-corrected chi connectivity index (χ2v) is 6.62. The predicted octanol–water partition coefficient (Wildman–Crippen LogP) is 4.08. The van der Waals surface area contributed by atoms with Crippen molar-refractivity contribution in [3.63, 3.8) is 0 Å². The van der Waals surface area contributed by atoms with Gasteiger partial charge in [0, 0.05) is 11.7 Å². The Balaban J connectivity index is 2.24. The van der Waals surface area contributed by atoms with Crippen LogP contribution in [-0.4, -0.2) is 14.5 Å². The summed E-state index contributed by atoms with van der Waals surface area (Å²) < 4.78 is 2.45. The van der Waals surface area contributed by atoms with Crippen LogP contribution in [0.4, 0.5) is 5.82 Å². The third kappa shape index (κ3) is 2.30. The molecule has 0 amide bonds. The highest BCUT2D eigenvalue weighted by molar-refractivity contribution is 5.91. The third-order valence-electron chi connectivity index (χ3n) is 5.18. The summed E-state index contributed by atoms with van der Waals surface area (Å²) in [6.45, 7) is 8.65. The lowest BCUT2D eigenvalue weighted by molar-refractivity contribution is 0.336. The van der Waals surface area contributed by atoms with Gasteiger partial charge in [0.15, 0.2) is 0 Å². The number of nitrogens with two attached hydrogens (primary N) is 1. The first kappa shape index (κ1) is 14.4. The third-order valence-corrected chi connectivity index (χ3v) is 5.18. The van der Waals surface area contributed by atoms with Gasteiger partial charge in [0.05, 0.1) is 5.39 Å². The van der Waals surface area contributed by atoms with E-state index in [1.807, 2.05) is 6.92 Å². The molecular weight excluding hydrogens is 260 g/mol.